The van der Waals surface area contributed by atoms with E-state index in [1.807, 2.05) is 91.1 Å². The highest BCUT2D eigenvalue weighted by Crippen LogP contribution is 2.40. The molecule has 0 atom stereocenters. The van der Waals surface area contributed by atoms with Gasteiger partial charge in [-0.15, -0.1) is 0 Å². The van der Waals surface area contributed by atoms with Crippen LogP contribution in [0.1, 0.15) is 0 Å². The molecule has 0 aliphatic heterocycles. The minimum atomic E-state index is 0.586. The van der Waals surface area contributed by atoms with Crippen LogP contribution in [0, 0.1) is 0 Å². The smallest absolute Gasteiger partial charge is 0.165 e. The molecule has 0 unspecified atom stereocenters. The van der Waals surface area contributed by atoms with E-state index in [-0.39, 0.29) is 0 Å². The lowest BCUT2D eigenvalue weighted by Crippen LogP contribution is -2.00. The van der Waals surface area contributed by atoms with Crippen LogP contribution < -0.4 is 0 Å². The molecule has 7 aromatic carbocycles. The van der Waals surface area contributed by atoms with Gasteiger partial charge in [0.1, 0.15) is 11.2 Å². The van der Waals surface area contributed by atoms with Crippen LogP contribution in [0.25, 0.3) is 99.7 Å². The molecule has 3 aromatic heterocycles. The molecule has 0 amide bonds. The lowest BCUT2D eigenvalue weighted by molar-refractivity contribution is 0.669. The highest BCUT2D eigenvalue weighted by atomic mass is 16.3. The predicted octanol–water partition coefficient (Wildman–Crippen LogP) is 11.3. The van der Waals surface area contributed by atoms with Crippen LogP contribution in [0.15, 0.2) is 162 Å². The maximum absolute atomic E-state index is 6.20. The molecule has 0 aliphatic carbocycles. The van der Waals surface area contributed by atoms with Crippen LogP contribution in [0.5, 0.6) is 0 Å². The molecule has 0 fully saturated rings. The molecule has 49 heavy (non-hydrogen) atoms. The summed E-state index contributed by atoms with van der Waals surface area (Å²) < 4.78 is 6.20. The molecule has 228 valence electrons. The van der Waals surface area contributed by atoms with E-state index < -0.39 is 0 Å². The Morgan fingerprint density at radius 3 is 1.69 bits per heavy atom. The van der Waals surface area contributed by atoms with Gasteiger partial charge in [-0.2, -0.15) is 0 Å². The first-order valence-electron chi connectivity index (χ1n) is 16.3. The zero-order valence-corrected chi connectivity index (χ0v) is 26.2. The molecular formula is C44H26N4O. The number of benzene rings is 7. The molecular weight excluding hydrogens is 601 g/mol. The molecule has 0 saturated heterocycles. The van der Waals surface area contributed by atoms with Gasteiger partial charge in [0.25, 0.3) is 0 Å². The Morgan fingerprint density at radius 1 is 0.367 bits per heavy atom. The van der Waals surface area contributed by atoms with Gasteiger partial charge in [-0.25, -0.2) is 15.0 Å². The number of fused-ring (bicyclic) bond motifs is 9. The summed E-state index contributed by atoms with van der Waals surface area (Å²) in [5, 5.41) is 9.56. The van der Waals surface area contributed by atoms with Gasteiger partial charge in [0.2, 0.25) is 0 Å². The summed E-state index contributed by atoms with van der Waals surface area (Å²) >= 11 is 0. The molecule has 0 radical (unpaired) electrons. The summed E-state index contributed by atoms with van der Waals surface area (Å²) in [6.45, 7) is 0. The lowest BCUT2D eigenvalue weighted by atomic mass is 9.93. The van der Waals surface area contributed by atoms with Crippen molar-refractivity contribution in [1.82, 2.24) is 19.9 Å². The van der Waals surface area contributed by atoms with Gasteiger partial charge in [-0.05, 0) is 68.7 Å². The standard InChI is InChI=1S/C44H26N4O/c1-3-9-28(10-4-1)42-46-43(29-11-5-2-6-12-29)48-44(47-42)32-19-23-37(45-26-32)31-18-20-33-30(25-31)16-15-27-17-21-35-34(40(27)33)22-24-39-41(35)36-13-7-8-14-38(36)49-39/h1-26H. The fraction of sp³-hybridized carbons (Fsp3) is 0. The Labute approximate surface area is 281 Å². The van der Waals surface area contributed by atoms with E-state index >= 15 is 0 Å². The predicted molar refractivity (Wildman–Crippen MR) is 199 cm³/mol. The minimum absolute atomic E-state index is 0.586. The van der Waals surface area contributed by atoms with Gasteiger partial charge in [-0.1, -0.05) is 115 Å². The highest BCUT2D eigenvalue weighted by Gasteiger charge is 2.15. The molecule has 0 N–H and O–H groups in total. The van der Waals surface area contributed by atoms with Crippen molar-refractivity contribution >= 4 is 54.3 Å². The summed E-state index contributed by atoms with van der Waals surface area (Å²) in [7, 11) is 0. The Balaban J connectivity index is 1.06. The monoisotopic (exact) mass is 626 g/mol. The van der Waals surface area contributed by atoms with E-state index in [0.29, 0.717) is 17.5 Å². The SMILES string of the molecule is c1ccc(-c2nc(-c3ccccc3)nc(-c3ccc(-c4ccc5c(ccc6ccc7c(ccc8oc9ccccc9c87)c65)c4)nc3)n2)cc1. The van der Waals surface area contributed by atoms with E-state index in [9.17, 15) is 0 Å². The first kappa shape index (κ1) is 27.4. The van der Waals surface area contributed by atoms with Gasteiger partial charge in [-0.3, -0.25) is 4.98 Å². The van der Waals surface area contributed by atoms with Crippen molar-refractivity contribution in [3.05, 3.63) is 158 Å². The summed E-state index contributed by atoms with van der Waals surface area (Å²) in [6, 6.07) is 52.2. The van der Waals surface area contributed by atoms with Crippen LogP contribution in [0.3, 0.4) is 0 Å². The van der Waals surface area contributed by atoms with Crippen molar-refractivity contribution < 1.29 is 4.42 Å². The summed E-state index contributed by atoms with van der Waals surface area (Å²) in [5.74, 6) is 1.84. The van der Waals surface area contributed by atoms with E-state index in [1.165, 1.54) is 26.9 Å². The number of rotatable bonds is 4. The van der Waals surface area contributed by atoms with Gasteiger partial charge >= 0.3 is 0 Å². The molecule has 0 spiro atoms. The van der Waals surface area contributed by atoms with Gasteiger partial charge in [0.05, 0.1) is 5.69 Å². The van der Waals surface area contributed by atoms with Gasteiger partial charge in [0, 0.05) is 39.2 Å². The van der Waals surface area contributed by atoms with Crippen molar-refractivity contribution in [2.75, 3.05) is 0 Å². The minimum Gasteiger partial charge on any atom is -0.456 e. The summed E-state index contributed by atoms with van der Waals surface area (Å²) in [5.41, 5.74) is 6.46. The maximum Gasteiger partial charge on any atom is 0.165 e. The first-order valence-corrected chi connectivity index (χ1v) is 16.3. The quantitative estimate of drug-likeness (QED) is 0.182. The molecule has 0 bridgehead atoms. The van der Waals surface area contributed by atoms with Gasteiger partial charge in [0.15, 0.2) is 17.5 Å². The van der Waals surface area contributed by atoms with Crippen LogP contribution in [-0.4, -0.2) is 19.9 Å². The van der Waals surface area contributed by atoms with Crippen molar-refractivity contribution in [2.45, 2.75) is 0 Å². The Bertz CT molecular complexity index is 2800. The van der Waals surface area contributed by atoms with Gasteiger partial charge < -0.3 is 4.42 Å². The van der Waals surface area contributed by atoms with E-state index in [1.54, 1.807) is 0 Å². The van der Waals surface area contributed by atoms with E-state index in [2.05, 4.69) is 66.7 Å². The zero-order chi connectivity index (χ0) is 32.3. The van der Waals surface area contributed by atoms with Crippen LogP contribution in [0.2, 0.25) is 0 Å². The molecule has 5 nitrogen and oxygen atoms in total. The molecule has 10 rings (SSSR count). The Kier molecular flexibility index (Phi) is 6.11. The third kappa shape index (κ3) is 4.55. The van der Waals surface area contributed by atoms with Crippen molar-refractivity contribution in [3.63, 3.8) is 0 Å². The second kappa shape index (κ2) is 10.9. The second-order valence-electron chi connectivity index (χ2n) is 12.3. The fourth-order valence-corrected chi connectivity index (χ4v) is 6.99. The van der Waals surface area contributed by atoms with E-state index in [4.69, 9.17) is 24.4 Å². The highest BCUT2D eigenvalue weighted by molar-refractivity contribution is 6.28. The van der Waals surface area contributed by atoms with Crippen molar-refractivity contribution in [2.24, 2.45) is 0 Å². The third-order valence-corrected chi connectivity index (χ3v) is 9.35. The van der Waals surface area contributed by atoms with Crippen molar-refractivity contribution in [3.8, 4) is 45.4 Å². The number of hydrogen-bond acceptors (Lipinski definition) is 5. The summed E-state index contributed by atoms with van der Waals surface area (Å²) in [4.78, 5) is 19.4. The average molecular weight is 627 g/mol. The maximum atomic E-state index is 6.20. The molecule has 3 heterocycles. The first-order chi connectivity index (χ1) is 24.3. The molecule has 0 saturated carbocycles. The molecule has 5 heteroatoms. The largest absolute Gasteiger partial charge is 0.456 e. The number of hydrogen-bond donors (Lipinski definition) is 0. The number of nitrogens with zero attached hydrogens (tertiary/aromatic N) is 4. The fourth-order valence-electron chi connectivity index (χ4n) is 6.99. The molecule has 0 aliphatic rings. The average Bonchev–Trinajstić information content (AvgIpc) is 3.57. The van der Waals surface area contributed by atoms with Crippen molar-refractivity contribution in [1.29, 1.82) is 0 Å². The van der Waals surface area contributed by atoms with Crippen LogP contribution in [0.4, 0.5) is 0 Å². The topological polar surface area (TPSA) is 64.7 Å². The van der Waals surface area contributed by atoms with Crippen LogP contribution in [-0.2, 0) is 0 Å². The Hall–Kier alpha value is -6.72. The zero-order valence-electron chi connectivity index (χ0n) is 26.2. The number of aromatic nitrogens is 4. The third-order valence-electron chi connectivity index (χ3n) is 9.35. The number of para-hydroxylation sites is 1. The Morgan fingerprint density at radius 2 is 0.959 bits per heavy atom. The van der Waals surface area contributed by atoms with Crippen LogP contribution >= 0.6 is 0 Å². The lowest BCUT2D eigenvalue weighted by Gasteiger charge is -2.11. The normalized spacial score (nSPS) is 11.7. The second-order valence-corrected chi connectivity index (χ2v) is 12.3. The number of pyridine rings is 1. The molecule has 10 aromatic rings. The number of furan rings is 1. The van der Waals surface area contributed by atoms with E-state index in [0.717, 1.165) is 55.3 Å². The summed E-state index contributed by atoms with van der Waals surface area (Å²) in [6.07, 6.45) is 1.85.